The van der Waals surface area contributed by atoms with Gasteiger partial charge in [0.25, 0.3) is 0 Å². The van der Waals surface area contributed by atoms with Crippen LogP contribution in [0.5, 0.6) is 0 Å². The first kappa shape index (κ1) is 13.5. The predicted molar refractivity (Wildman–Crippen MR) is 79.3 cm³/mol. The molecule has 0 saturated heterocycles. The molecular weight excluding hydrogens is 321 g/mol. The van der Waals surface area contributed by atoms with Crippen molar-refractivity contribution in [2.24, 2.45) is 0 Å². The molecule has 4 nitrogen and oxygen atoms in total. The lowest BCUT2D eigenvalue weighted by Crippen LogP contribution is -2.13. The Labute approximate surface area is 129 Å². The zero-order valence-electron chi connectivity index (χ0n) is 10.1. The third-order valence-electron chi connectivity index (χ3n) is 2.77. The number of rotatable bonds is 3. The second kappa shape index (κ2) is 5.48. The summed E-state index contributed by atoms with van der Waals surface area (Å²) in [4.78, 5) is 6.88. The van der Waals surface area contributed by atoms with Crippen LogP contribution in [0.25, 0.3) is 11.0 Å². The molecule has 2 aromatic carbocycles. The van der Waals surface area contributed by atoms with Crippen molar-refractivity contribution in [3.63, 3.8) is 0 Å². The standard InChI is InChI=1S/C13H8Cl3N3O/c14-8-4-5-12-13(6-8)19(18-17-12)20-7-9-10(15)2-1-3-11(9)16/h1-6H,7H2. The van der Waals surface area contributed by atoms with Crippen molar-refractivity contribution in [3.05, 3.63) is 57.0 Å². The van der Waals surface area contributed by atoms with Crippen LogP contribution < -0.4 is 4.84 Å². The topological polar surface area (TPSA) is 39.9 Å². The van der Waals surface area contributed by atoms with Gasteiger partial charge in [0, 0.05) is 20.6 Å². The Kier molecular flexibility index (Phi) is 3.70. The number of hydrogen-bond donors (Lipinski definition) is 0. The predicted octanol–water partition coefficient (Wildman–Crippen LogP) is 4.02. The van der Waals surface area contributed by atoms with Crippen LogP contribution in [0.2, 0.25) is 15.1 Å². The highest BCUT2D eigenvalue weighted by atomic mass is 35.5. The van der Waals surface area contributed by atoms with E-state index in [9.17, 15) is 0 Å². The van der Waals surface area contributed by atoms with Crippen molar-refractivity contribution in [1.82, 2.24) is 15.2 Å². The third kappa shape index (κ3) is 2.54. The SMILES string of the molecule is Clc1ccc2nnn(OCc3c(Cl)cccc3Cl)c2c1. The van der Waals surface area contributed by atoms with E-state index in [0.717, 1.165) is 0 Å². The van der Waals surface area contributed by atoms with Crippen LogP contribution in [0.4, 0.5) is 0 Å². The molecule has 0 saturated carbocycles. The molecule has 0 atom stereocenters. The van der Waals surface area contributed by atoms with E-state index in [1.54, 1.807) is 36.4 Å². The number of halogens is 3. The minimum Gasteiger partial charge on any atom is -0.390 e. The number of aromatic nitrogens is 3. The molecule has 1 aromatic heterocycles. The molecule has 0 fully saturated rings. The van der Waals surface area contributed by atoms with E-state index in [-0.39, 0.29) is 6.61 Å². The lowest BCUT2D eigenvalue weighted by molar-refractivity contribution is 0.0752. The summed E-state index contributed by atoms with van der Waals surface area (Å²) >= 11 is 18.1. The smallest absolute Gasteiger partial charge is 0.145 e. The first-order valence-electron chi connectivity index (χ1n) is 5.72. The number of fused-ring (bicyclic) bond motifs is 1. The Balaban J connectivity index is 1.89. The van der Waals surface area contributed by atoms with E-state index in [2.05, 4.69) is 10.3 Å². The van der Waals surface area contributed by atoms with Gasteiger partial charge in [0.05, 0.1) is 0 Å². The molecule has 1 heterocycles. The van der Waals surface area contributed by atoms with E-state index in [1.807, 2.05) is 0 Å². The minimum absolute atomic E-state index is 0.184. The van der Waals surface area contributed by atoms with Crippen LogP contribution in [-0.2, 0) is 6.61 Å². The van der Waals surface area contributed by atoms with Gasteiger partial charge in [-0.15, -0.1) is 5.10 Å². The van der Waals surface area contributed by atoms with Gasteiger partial charge in [-0.3, -0.25) is 0 Å². The van der Waals surface area contributed by atoms with E-state index in [0.29, 0.717) is 31.7 Å². The summed E-state index contributed by atoms with van der Waals surface area (Å²) < 4.78 is 0. The zero-order chi connectivity index (χ0) is 14.1. The fourth-order valence-corrected chi connectivity index (χ4v) is 2.44. The summed E-state index contributed by atoms with van der Waals surface area (Å²) in [6, 6.07) is 10.5. The molecule has 7 heteroatoms. The summed E-state index contributed by atoms with van der Waals surface area (Å²) in [7, 11) is 0. The fourth-order valence-electron chi connectivity index (χ4n) is 1.76. The lowest BCUT2D eigenvalue weighted by Gasteiger charge is -2.08. The van der Waals surface area contributed by atoms with Crippen LogP contribution in [0.1, 0.15) is 5.56 Å². The molecule has 0 radical (unpaired) electrons. The van der Waals surface area contributed by atoms with Gasteiger partial charge in [-0.05, 0) is 35.5 Å². The molecule has 3 rings (SSSR count). The summed E-state index contributed by atoms with van der Waals surface area (Å²) in [6.07, 6.45) is 0. The van der Waals surface area contributed by atoms with Gasteiger partial charge in [0.1, 0.15) is 17.6 Å². The molecule has 0 N–H and O–H groups in total. The second-order valence-electron chi connectivity index (χ2n) is 4.07. The van der Waals surface area contributed by atoms with Gasteiger partial charge in [-0.25, -0.2) is 0 Å². The Morgan fingerprint density at radius 1 is 1.05 bits per heavy atom. The van der Waals surface area contributed by atoms with E-state index >= 15 is 0 Å². The quantitative estimate of drug-likeness (QED) is 0.729. The Hall–Kier alpha value is -1.49. The molecule has 0 aliphatic carbocycles. The molecular formula is C13H8Cl3N3O. The van der Waals surface area contributed by atoms with Crippen molar-refractivity contribution >= 4 is 45.8 Å². The van der Waals surface area contributed by atoms with Crippen LogP contribution in [0.3, 0.4) is 0 Å². The molecule has 0 aliphatic heterocycles. The Bertz CT molecular complexity index is 752. The maximum absolute atomic E-state index is 6.08. The Morgan fingerprint density at radius 2 is 1.80 bits per heavy atom. The minimum atomic E-state index is 0.184. The van der Waals surface area contributed by atoms with Gasteiger partial charge in [-0.1, -0.05) is 45.7 Å². The maximum Gasteiger partial charge on any atom is 0.145 e. The molecule has 0 amide bonds. The average molecular weight is 329 g/mol. The molecule has 0 unspecified atom stereocenters. The van der Waals surface area contributed by atoms with Gasteiger partial charge in [0.15, 0.2) is 0 Å². The van der Waals surface area contributed by atoms with E-state index in [1.165, 1.54) is 4.85 Å². The first-order valence-corrected chi connectivity index (χ1v) is 6.85. The van der Waals surface area contributed by atoms with Gasteiger partial charge >= 0.3 is 0 Å². The first-order chi connectivity index (χ1) is 9.65. The van der Waals surface area contributed by atoms with Gasteiger partial charge in [-0.2, -0.15) is 0 Å². The molecule has 20 heavy (non-hydrogen) atoms. The van der Waals surface area contributed by atoms with Crippen LogP contribution in [-0.4, -0.2) is 15.2 Å². The number of hydrogen-bond acceptors (Lipinski definition) is 3. The summed E-state index contributed by atoms with van der Waals surface area (Å²) in [5, 5.41) is 9.56. The number of benzene rings is 2. The molecule has 102 valence electrons. The van der Waals surface area contributed by atoms with Crippen LogP contribution in [0, 0.1) is 0 Å². The van der Waals surface area contributed by atoms with Crippen molar-refractivity contribution in [2.75, 3.05) is 0 Å². The maximum atomic E-state index is 6.08. The van der Waals surface area contributed by atoms with Gasteiger partial charge < -0.3 is 4.84 Å². The highest BCUT2D eigenvalue weighted by Crippen LogP contribution is 2.24. The second-order valence-corrected chi connectivity index (χ2v) is 5.32. The zero-order valence-corrected chi connectivity index (χ0v) is 12.3. The molecule has 0 spiro atoms. The average Bonchev–Trinajstić information content (AvgIpc) is 2.81. The van der Waals surface area contributed by atoms with Crippen molar-refractivity contribution < 1.29 is 4.84 Å². The lowest BCUT2D eigenvalue weighted by atomic mass is 10.2. The highest BCUT2D eigenvalue weighted by molar-refractivity contribution is 6.36. The highest BCUT2D eigenvalue weighted by Gasteiger charge is 2.09. The molecule has 0 aliphatic rings. The normalized spacial score (nSPS) is 10.9. The van der Waals surface area contributed by atoms with Crippen molar-refractivity contribution in [3.8, 4) is 0 Å². The largest absolute Gasteiger partial charge is 0.390 e. The molecule has 3 aromatic rings. The summed E-state index contributed by atoms with van der Waals surface area (Å²) in [6.45, 7) is 0.184. The third-order valence-corrected chi connectivity index (χ3v) is 3.71. The number of nitrogens with zero attached hydrogens (tertiary/aromatic N) is 3. The van der Waals surface area contributed by atoms with E-state index < -0.39 is 0 Å². The Morgan fingerprint density at radius 3 is 2.55 bits per heavy atom. The van der Waals surface area contributed by atoms with Crippen molar-refractivity contribution in [1.29, 1.82) is 0 Å². The van der Waals surface area contributed by atoms with E-state index in [4.69, 9.17) is 39.6 Å². The van der Waals surface area contributed by atoms with Crippen LogP contribution >= 0.6 is 34.8 Å². The van der Waals surface area contributed by atoms with Gasteiger partial charge in [0.2, 0.25) is 0 Å². The summed E-state index contributed by atoms with van der Waals surface area (Å²) in [5.41, 5.74) is 2.07. The molecule has 0 bridgehead atoms. The summed E-state index contributed by atoms with van der Waals surface area (Å²) in [5.74, 6) is 0. The fraction of sp³-hybridized carbons (Fsp3) is 0.0769. The van der Waals surface area contributed by atoms with Crippen LogP contribution in [0.15, 0.2) is 36.4 Å². The van der Waals surface area contributed by atoms with Crippen molar-refractivity contribution in [2.45, 2.75) is 6.61 Å². The monoisotopic (exact) mass is 327 g/mol.